The van der Waals surface area contributed by atoms with Gasteiger partial charge in [0.15, 0.2) is 5.69 Å². The normalized spacial score (nSPS) is 21.8. The van der Waals surface area contributed by atoms with E-state index in [4.69, 9.17) is 5.26 Å². The number of nitriles is 1. The minimum absolute atomic E-state index is 0.367. The summed E-state index contributed by atoms with van der Waals surface area (Å²) >= 11 is 0. The van der Waals surface area contributed by atoms with Crippen LogP contribution in [0.3, 0.4) is 0 Å². The third-order valence-electron chi connectivity index (χ3n) is 3.04. The van der Waals surface area contributed by atoms with Gasteiger partial charge in [-0.3, -0.25) is 0 Å². The van der Waals surface area contributed by atoms with Crippen molar-refractivity contribution < 1.29 is 0 Å². The van der Waals surface area contributed by atoms with Crippen molar-refractivity contribution in [2.75, 3.05) is 31.6 Å². The quantitative estimate of drug-likeness (QED) is 0.685. The summed E-state index contributed by atoms with van der Waals surface area (Å²) in [4.78, 5) is 12.8. The number of aromatic nitrogens is 2. The van der Waals surface area contributed by atoms with E-state index in [0.717, 1.165) is 25.5 Å². The Labute approximate surface area is 95.3 Å². The SMILES string of the molecule is CC1CN(c2cnc(C#N)cn2)CCN1C. The third kappa shape index (κ3) is 2.12. The van der Waals surface area contributed by atoms with Gasteiger partial charge in [-0.05, 0) is 14.0 Å². The maximum absolute atomic E-state index is 8.64. The van der Waals surface area contributed by atoms with Gasteiger partial charge in [0, 0.05) is 25.7 Å². The average molecular weight is 217 g/mol. The zero-order valence-corrected chi connectivity index (χ0v) is 9.59. The lowest BCUT2D eigenvalue weighted by Gasteiger charge is -2.38. The molecule has 1 aromatic rings. The van der Waals surface area contributed by atoms with Gasteiger partial charge in [-0.1, -0.05) is 0 Å². The molecule has 0 aliphatic carbocycles. The molecule has 84 valence electrons. The van der Waals surface area contributed by atoms with Crippen LogP contribution in [-0.2, 0) is 0 Å². The number of hydrogen-bond acceptors (Lipinski definition) is 5. The molecular formula is C11H15N5. The van der Waals surface area contributed by atoms with Crippen molar-refractivity contribution in [1.29, 1.82) is 5.26 Å². The fraction of sp³-hybridized carbons (Fsp3) is 0.545. The second-order valence-electron chi connectivity index (χ2n) is 4.15. The first-order chi connectivity index (χ1) is 7.70. The summed E-state index contributed by atoms with van der Waals surface area (Å²) in [6.45, 7) is 5.14. The van der Waals surface area contributed by atoms with Crippen molar-refractivity contribution in [2.24, 2.45) is 0 Å². The van der Waals surface area contributed by atoms with Gasteiger partial charge in [0.05, 0.1) is 12.4 Å². The van der Waals surface area contributed by atoms with E-state index in [-0.39, 0.29) is 0 Å². The minimum Gasteiger partial charge on any atom is -0.353 e. The molecule has 0 saturated carbocycles. The van der Waals surface area contributed by atoms with E-state index in [0.29, 0.717) is 11.7 Å². The fourth-order valence-electron chi connectivity index (χ4n) is 1.80. The van der Waals surface area contributed by atoms with E-state index < -0.39 is 0 Å². The summed E-state index contributed by atoms with van der Waals surface area (Å²) < 4.78 is 0. The van der Waals surface area contributed by atoms with Crippen LogP contribution in [0.5, 0.6) is 0 Å². The number of rotatable bonds is 1. The summed E-state index contributed by atoms with van der Waals surface area (Å²) in [5.41, 5.74) is 0.367. The zero-order valence-electron chi connectivity index (χ0n) is 9.59. The average Bonchev–Trinajstić information content (AvgIpc) is 2.33. The maximum Gasteiger partial charge on any atom is 0.158 e. The lowest BCUT2D eigenvalue weighted by atomic mass is 10.2. The highest BCUT2D eigenvalue weighted by Crippen LogP contribution is 2.14. The fourth-order valence-corrected chi connectivity index (χ4v) is 1.80. The van der Waals surface area contributed by atoms with E-state index in [9.17, 15) is 0 Å². The first-order valence-corrected chi connectivity index (χ1v) is 5.38. The molecule has 0 aromatic carbocycles. The Morgan fingerprint density at radius 2 is 2.19 bits per heavy atom. The van der Waals surface area contributed by atoms with Crippen LogP contribution in [0.25, 0.3) is 0 Å². The van der Waals surface area contributed by atoms with Crippen molar-refractivity contribution in [1.82, 2.24) is 14.9 Å². The molecule has 5 nitrogen and oxygen atoms in total. The number of hydrogen-bond donors (Lipinski definition) is 0. The van der Waals surface area contributed by atoms with Crippen molar-refractivity contribution in [3.05, 3.63) is 18.1 Å². The summed E-state index contributed by atoms with van der Waals surface area (Å²) in [6.07, 6.45) is 3.20. The van der Waals surface area contributed by atoms with Gasteiger partial charge in [-0.15, -0.1) is 0 Å². The van der Waals surface area contributed by atoms with Crippen LogP contribution < -0.4 is 4.90 Å². The van der Waals surface area contributed by atoms with Crippen LogP contribution in [0, 0.1) is 11.3 Å². The Kier molecular flexibility index (Phi) is 3.02. The molecule has 2 heterocycles. The molecule has 1 aliphatic heterocycles. The Hall–Kier alpha value is -1.67. The molecule has 0 N–H and O–H groups in total. The zero-order chi connectivity index (χ0) is 11.5. The van der Waals surface area contributed by atoms with Crippen LogP contribution in [0.1, 0.15) is 12.6 Å². The Morgan fingerprint density at radius 1 is 1.38 bits per heavy atom. The van der Waals surface area contributed by atoms with E-state index in [1.807, 2.05) is 6.07 Å². The third-order valence-corrected chi connectivity index (χ3v) is 3.04. The van der Waals surface area contributed by atoms with E-state index in [2.05, 4.69) is 33.7 Å². The van der Waals surface area contributed by atoms with Crippen LogP contribution in [0.4, 0.5) is 5.82 Å². The highest BCUT2D eigenvalue weighted by molar-refractivity contribution is 5.38. The molecule has 1 fully saturated rings. The van der Waals surface area contributed by atoms with E-state index >= 15 is 0 Å². The van der Waals surface area contributed by atoms with Crippen LogP contribution in [0.15, 0.2) is 12.4 Å². The largest absolute Gasteiger partial charge is 0.353 e. The van der Waals surface area contributed by atoms with Gasteiger partial charge in [0.25, 0.3) is 0 Å². The van der Waals surface area contributed by atoms with Crippen LogP contribution in [0.2, 0.25) is 0 Å². The van der Waals surface area contributed by atoms with Crippen molar-refractivity contribution in [3.8, 4) is 6.07 Å². The van der Waals surface area contributed by atoms with Crippen molar-refractivity contribution >= 4 is 5.82 Å². The lowest BCUT2D eigenvalue weighted by molar-refractivity contribution is 0.233. The van der Waals surface area contributed by atoms with Gasteiger partial charge in [-0.25, -0.2) is 9.97 Å². The highest BCUT2D eigenvalue weighted by Gasteiger charge is 2.21. The lowest BCUT2D eigenvalue weighted by Crippen LogP contribution is -2.50. The summed E-state index contributed by atoms with van der Waals surface area (Å²) in [6, 6.07) is 2.49. The number of likely N-dealkylation sites (N-methyl/N-ethyl adjacent to an activating group) is 1. The highest BCUT2D eigenvalue weighted by atomic mass is 15.3. The Bertz CT molecular complexity index is 394. The Morgan fingerprint density at radius 3 is 2.75 bits per heavy atom. The second-order valence-corrected chi connectivity index (χ2v) is 4.15. The smallest absolute Gasteiger partial charge is 0.158 e. The van der Waals surface area contributed by atoms with Gasteiger partial charge in [-0.2, -0.15) is 5.26 Å². The molecule has 0 radical (unpaired) electrons. The summed E-state index contributed by atoms with van der Waals surface area (Å²) in [7, 11) is 2.13. The predicted octanol–water partition coefficient (Wildman–Crippen LogP) is 0.489. The number of piperazine rings is 1. The van der Waals surface area contributed by atoms with E-state index in [1.165, 1.54) is 6.20 Å². The minimum atomic E-state index is 0.367. The molecular weight excluding hydrogens is 202 g/mol. The van der Waals surface area contributed by atoms with Gasteiger partial charge < -0.3 is 9.80 Å². The van der Waals surface area contributed by atoms with Gasteiger partial charge in [0.2, 0.25) is 0 Å². The summed E-state index contributed by atoms with van der Waals surface area (Å²) in [5.74, 6) is 0.860. The van der Waals surface area contributed by atoms with Gasteiger partial charge in [0.1, 0.15) is 11.9 Å². The molecule has 2 rings (SSSR count). The topological polar surface area (TPSA) is 56.1 Å². The first-order valence-electron chi connectivity index (χ1n) is 5.38. The summed E-state index contributed by atoms with van der Waals surface area (Å²) in [5, 5.41) is 8.64. The number of anilines is 1. The second kappa shape index (κ2) is 4.45. The molecule has 1 unspecified atom stereocenters. The van der Waals surface area contributed by atoms with Crippen LogP contribution >= 0.6 is 0 Å². The van der Waals surface area contributed by atoms with Crippen LogP contribution in [-0.4, -0.2) is 47.6 Å². The predicted molar refractivity (Wildman–Crippen MR) is 61.1 cm³/mol. The molecule has 1 saturated heterocycles. The molecule has 0 bridgehead atoms. The van der Waals surface area contributed by atoms with E-state index in [1.54, 1.807) is 6.20 Å². The molecule has 5 heteroatoms. The van der Waals surface area contributed by atoms with Gasteiger partial charge >= 0.3 is 0 Å². The first kappa shape index (κ1) is 10.8. The molecule has 0 amide bonds. The molecule has 1 aliphatic rings. The standard InChI is InChI=1S/C11H15N5/c1-9-8-16(4-3-15(9)2)11-7-13-10(5-12)6-14-11/h6-7,9H,3-4,8H2,1-2H3. The van der Waals surface area contributed by atoms with Crippen molar-refractivity contribution in [3.63, 3.8) is 0 Å². The molecule has 16 heavy (non-hydrogen) atoms. The maximum atomic E-state index is 8.64. The molecule has 1 atom stereocenters. The molecule has 1 aromatic heterocycles. The number of nitrogens with zero attached hydrogens (tertiary/aromatic N) is 5. The molecule has 0 spiro atoms. The van der Waals surface area contributed by atoms with Crippen molar-refractivity contribution in [2.45, 2.75) is 13.0 Å². The monoisotopic (exact) mass is 217 g/mol. The Balaban J connectivity index is 2.10.